The standard InChI is InChI=1S/C17H17ClN2O3S3/c1-2-3-9-13-16(21)20(12-7-5-4-6-8-12)17(24-13)19-26(22,23)15-11-10-14(18)25-15/h4-8,10-11,13H,2-3,9H2,1H3. The number of thiophene rings is 1. The second kappa shape index (κ2) is 8.12. The molecule has 1 saturated heterocycles. The molecule has 9 heteroatoms. The van der Waals surface area contributed by atoms with E-state index in [1.165, 1.54) is 28.8 Å². The number of amidine groups is 1. The third kappa shape index (κ3) is 4.14. The van der Waals surface area contributed by atoms with E-state index in [-0.39, 0.29) is 20.5 Å². The van der Waals surface area contributed by atoms with Crippen molar-refractivity contribution in [2.75, 3.05) is 4.90 Å². The molecule has 1 aromatic heterocycles. The average molecular weight is 429 g/mol. The predicted molar refractivity (Wildman–Crippen MR) is 109 cm³/mol. The number of carbonyl (C=O) groups excluding carboxylic acids is 1. The smallest absolute Gasteiger partial charge is 0.273 e. The Hall–Kier alpha value is -1.35. The number of rotatable bonds is 6. The van der Waals surface area contributed by atoms with Crippen molar-refractivity contribution in [3.63, 3.8) is 0 Å². The van der Waals surface area contributed by atoms with Gasteiger partial charge in [-0.1, -0.05) is 61.3 Å². The molecule has 3 rings (SSSR count). The molecule has 0 aliphatic carbocycles. The summed E-state index contributed by atoms with van der Waals surface area (Å²) in [6.07, 6.45) is 2.55. The van der Waals surface area contributed by atoms with Crippen LogP contribution < -0.4 is 4.90 Å². The summed E-state index contributed by atoms with van der Waals surface area (Å²) in [5.41, 5.74) is 0.613. The fourth-order valence-electron chi connectivity index (χ4n) is 2.50. The third-order valence-electron chi connectivity index (χ3n) is 3.77. The molecule has 138 valence electrons. The number of benzene rings is 1. The number of anilines is 1. The summed E-state index contributed by atoms with van der Waals surface area (Å²) in [6, 6.07) is 11.9. The lowest BCUT2D eigenvalue weighted by Gasteiger charge is -2.16. The van der Waals surface area contributed by atoms with Crippen molar-refractivity contribution in [2.45, 2.75) is 35.6 Å². The second-order valence-corrected chi connectivity index (χ2v) is 10.4. The molecule has 26 heavy (non-hydrogen) atoms. The molecular weight excluding hydrogens is 412 g/mol. The molecule has 0 N–H and O–H groups in total. The summed E-state index contributed by atoms with van der Waals surface area (Å²) in [6.45, 7) is 2.05. The van der Waals surface area contributed by atoms with E-state index in [1.807, 2.05) is 6.07 Å². The molecule has 0 bridgehead atoms. The first-order valence-corrected chi connectivity index (χ1v) is 11.6. The first-order chi connectivity index (χ1) is 12.4. The van der Waals surface area contributed by atoms with Gasteiger partial charge in [0, 0.05) is 0 Å². The lowest BCUT2D eigenvalue weighted by atomic mass is 10.2. The zero-order chi connectivity index (χ0) is 18.7. The van der Waals surface area contributed by atoms with E-state index < -0.39 is 10.0 Å². The van der Waals surface area contributed by atoms with Crippen LogP contribution in [-0.4, -0.2) is 24.7 Å². The van der Waals surface area contributed by atoms with Gasteiger partial charge in [0.2, 0.25) is 5.91 Å². The van der Waals surface area contributed by atoms with E-state index in [9.17, 15) is 13.2 Å². The van der Waals surface area contributed by atoms with Gasteiger partial charge in [-0.2, -0.15) is 8.42 Å². The van der Waals surface area contributed by atoms with Crippen LogP contribution in [0.5, 0.6) is 0 Å². The van der Waals surface area contributed by atoms with Crippen molar-refractivity contribution in [1.82, 2.24) is 0 Å². The summed E-state index contributed by atoms with van der Waals surface area (Å²) in [5.74, 6) is -0.132. The second-order valence-electron chi connectivity index (χ2n) is 5.67. The Balaban J connectivity index is 2.00. The molecule has 1 aliphatic heterocycles. The lowest BCUT2D eigenvalue weighted by molar-refractivity contribution is -0.117. The Labute approximate surface area is 166 Å². The van der Waals surface area contributed by atoms with Crippen molar-refractivity contribution in [3.05, 3.63) is 46.8 Å². The van der Waals surface area contributed by atoms with Gasteiger partial charge >= 0.3 is 0 Å². The quantitative estimate of drug-likeness (QED) is 0.663. The van der Waals surface area contributed by atoms with E-state index in [0.29, 0.717) is 16.4 Å². The van der Waals surface area contributed by atoms with Crippen LogP contribution >= 0.6 is 34.7 Å². The lowest BCUT2D eigenvalue weighted by Crippen LogP contribution is -2.32. The van der Waals surface area contributed by atoms with Gasteiger partial charge in [-0.25, -0.2) is 0 Å². The Morgan fingerprint density at radius 2 is 1.92 bits per heavy atom. The van der Waals surface area contributed by atoms with Gasteiger partial charge in [-0.05, 0) is 30.7 Å². The van der Waals surface area contributed by atoms with Crippen LogP contribution in [0, 0.1) is 0 Å². The Morgan fingerprint density at radius 1 is 1.19 bits per heavy atom. The number of sulfonamides is 1. The van der Waals surface area contributed by atoms with E-state index in [4.69, 9.17) is 11.6 Å². The number of amides is 1. The highest BCUT2D eigenvalue weighted by atomic mass is 35.5. The van der Waals surface area contributed by atoms with E-state index >= 15 is 0 Å². The van der Waals surface area contributed by atoms with Crippen LogP contribution in [0.2, 0.25) is 4.34 Å². The van der Waals surface area contributed by atoms with Crippen molar-refractivity contribution < 1.29 is 13.2 Å². The fourth-order valence-corrected chi connectivity index (χ4v) is 6.35. The molecule has 0 spiro atoms. The number of carbonyl (C=O) groups is 1. The monoisotopic (exact) mass is 428 g/mol. The molecule has 1 amide bonds. The summed E-state index contributed by atoms with van der Waals surface area (Å²) in [5, 5.41) is -0.136. The Bertz CT molecular complexity index is 926. The minimum absolute atomic E-state index is 0.0630. The molecule has 1 aliphatic rings. The highest BCUT2D eigenvalue weighted by Gasteiger charge is 2.39. The summed E-state index contributed by atoms with van der Waals surface area (Å²) >= 11 is 8.00. The molecule has 0 saturated carbocycles. The van der Waals surface area contributed by atoms with Crippen LogP contribution in [-0.2, 0) is 14.8 Å². The maximum absolute atomic E-state index is 12.9. The molecule has 1 unspecified atom stereocenters. The van der Waals surface area contributed by atoms with Crippen molar-refractivity contribution >= 4 is 61.5 Å². The van der Waals surface area contributed by atoms with E-state index in [2.05, 4.69) is 11.3 Å². The van der Waals surface area contributed by atoms with Crippen LogP contribution in [0.1, 0.15) is 26.2 Å². The molecule has 2 heterocycles. The number of para-hydroxylation sites is 1. The number of hydrogen-bond acceptors (Lipinski definition) is 5. The fraction of sp³-hybridized carbons (Fsp3) is 0.294. The minimum Gasteiger partial charge on any atom is -0.273 e. The van der Waals surface area contributed by atoms with Gasteiger partial charge in [0.1, 0.15) is 4.21 Å². The zero-order valence-corrected chi connectivity index (χ0v) is 17.2. The number of nitrogens with zero attached hydrogens (tertiary/aromatic N) is 2. The zero-order valence-electron chi connectivity index (χ0n) is 14.0. The van der Waals surface area contributed by atoms with Gasteiger partial charge in [-0.15, -0.1) is 15.7 Å². The number of hydrogen-bond donors (Lipinski definition) is 0. The van der Waals surface area contributed by atoms with Gasteiger partial charge < -0.3 is 0 Å². The van der Waals surface area contributed by atoms with E-state index in [0.717, 1.165) is 24.2 Å². The third-order valence-corrected chi connectivity index (χ3v) is 8.06. The molecule has 2 aromatic rings. The largest absolute Gasteiger partial charge is 0.294 e. The van der Waals surface area contributed by atoms with Crippen molar-refractivity contribution in [2.24, 2.45) is 4.40 Å². The van der Waals surface area contributed by atoms with Crippen LogP contribution in [0.15, 0.2) is 51.1 Å². The Morgan fingerprint density at radius 3 is 2.54 bits per heavy atom. The van der Waals surface area contributed by atoms with Crippen LogP contribution in [0.4, 0.5) is 5.69 Å². The normalized spacial score (nSPS) is 19.5. The maximum Gasteiger partial charge on any atom is 0.294 e. The van der Waals surface area contributed by atoms with Gasteiger partial charge in [0.05, 0.1) is 15.3 Å². The van der Waals surface area contributed by atoms with Gasteiger partial charge in [0.15, 0.2) is 5.17 Å². The number of unbranched alkanes of at least 4 members (excludes halogenated alkanes) is 1. The molecule has 1 aromatic carbocycles. The molecule has 0 radical (unpaired) electrons. The predicted octanol–water partition coefficient (Wildman–Crippen LogP) is 4.79. The van der Waals surface area contributed by atoms with Crippen molar-refractivity contribution in [3.8, 4) is 0 Å². The first-order valence-electron chi connectivity index (χ1n) is 8.08. The first kappa shape index (κ1) is 19.4. The molecular formula is C17H17ClN2O3S3. The number of halogens is 1. The summed E-state index contributed by atoms with van der Waals surface area (Å²) < 4.78 is 29.6. The molecule has 5 nitrogen and oxygen atoms in total. The van der Waals surface area contributed by atoms with Crippen LogP contribution in [0.3, 0.4) is 0 Å². The number of thioether (sulfide) groups is 1. The average Bonchev–Trinajstić information content (AvgIpc) is 3.18. The highest BCUT2D eigenvalue weighted by molar-refractivity contribution is 8.16. The van der Waals surface area contributed by atoms with Crippen molar-refractivity contribution in [1.29, 1.82) is 0 Å². The van der Waals surface area contributed by atoms with Crippen LogP contribution in [0.25, 0.3) is 0 Å². The van der Waals surface area contributed by atoms with Gasteiger partial charge in [0.25, 0.3) is 10.0 Å². The summed E-state index contributed by atoms with van der Waals surface area (Å²) in [7, 11) is -3.92. The SMILES string of the molecule is CCCCC1SC(=NS(=O)(=O)c2ccc(Cl)s2)N(c2ccccc2)C1=O. The molecule has 1 atom stereocenters. The molecule has 1 fully saturated rings. The van der Waals surface area contributed by atoms with E-state index in [1.54, 1.807) is 24.3 Å². The topological polar surface area (TPSA) is 66.8 Å². The highest BCUT2D eigenvalue weighted by Crippen LogP contribution is 2.36. The van der Waals surface area contributed by atoms with Gasteiger partial charge in [-0.3, -0.25) is 9.69 Å². The maximum atomic E-state index is 12.9. The summed E-state index contributed by atoms with van der Waals surface area (Å²) in [4.78, 5) is 14.3. The Kier molecular flexibility index (Phi) is 6.06. The minimum atomic E-state index is -3.92.